The average Bonchev–Trinajstić information content (AvgIpc) is 2.35. The summed E-state index contributed by atoms with van der Waals surface area (Å²) in [5.41, 5.74) is 0.958. The van der Waals surface area contributed by atoms with E-state index in [2.05, 4.69) is 0 Å². The van der Waals surface area contributed by atoms with Crippen molar-refractivity contribution in [3.63, 3.8) is 0 Å². The molecule has 1 N–H and O–H groups in total. The molecule has 1 aromatic rings. The minimum Gasteiger partial charge on any atom is -0.486 e. The number of halogens is 1. The van der Waals surface area contributed by atoms with Gasteiger partial charge in [-0.15, -0.1) is 0 Å². The summed E-state index contributed by atoms with van der Waals surface area (Å²) in [5, 5.41) is 9.80. The van der Waals surface area contributed by atoms with E-state index >= 15 is 0 Å². The first kappa shape index (κ1) is 13.5. The van der Waals surface area contributed by atoms with Crippen molar-refractivity contribution in [2.24, 2.45) is 0 Å². The minimum atomic E-state index is 0.0679. The summed E-state index contributed by atoms with van der Waals surface area (Å²) >= 11 is 6.29. The third kappa shape index (κ3) is 2.71. The van der Waals surface area contributed by atoms with Gasteiger partial charge in [-0.25, -0.2) is 0 Å². The van der Waals surface area contributed by atoms with Crippen LogP contribution < -0.4 is 9.47 Å². The molecule has 18 heavy (non-hydrogen) atoms. The van der Waals surface area contributed by atoms with Crippen molar-refractivity contribution in [1.82, 2.24) is 4.90 Å². The molecule has 1 unspecified atom stereocenters. The smallest absolute Gasteiger partial charge is 0.162 e. The van der Waals surface area contributed by atoms with Crippen molar-refractivity contribution >= 4 is 11.6 Å². The predicted molar refractivity (Wildman–Crippen MR) is 70.6 cm³/mol. The van der Waals surface area contributed by atoms with Gasteiger partial charge in [-0.3, -0.25) is 0 Å². The van der Waals surface area contributed by atoms with E-state index in [0.717, 1.165) is 11.3 Å². The number of fused-ring (bicyclic) bond motifs is 1. The molecule has 5 heteroatoms. The van der Waals surface area contributed by atoms with Gasteiger partial charge in [0.05, 0.1) is 0 Å². The third-order valence-electron chi connectivity index (χ3n) is 3.05. The summed E-state index contributed by atoms with van der Waals surface area (Å²) in [6, 6.07) is 3.77. The number of ether oxygens (including phenoxy) is 2. The van der Waals surface area contributed by atoms with E-state index in [9.17, 15) is 0 Å². The normalized spacial score (nSPS) is 15.8. The maximum atomic E-state index is 9.15. The van der Waals surface area contributed by atoms with Crippen molar-refractivity contribution in [2.45, 2.75) is 12.5 Å². The first-order valence-electron chi connectivity index (χ1n) is 6.00. The summed E-state index contributed by atoms with van der Waals surface area (Å²) in [5.74, 6) is 1.42. The van der Waals surface area contributed by atoms with Crippen LogP contribution in [0.3, 0.4) is 0 Å². The fourth-order valence-corrected chi connectivity index (χ4v) is 2.43. The Labute approximate surface area is 112 Å². The van der Waals surface area contributed by atoms with E-state index in [-0.39, 0.29) is 12.6 Å². The second-order valence-electron chi connectivity index (χ2n) is 4.51. The number of aliphatic hydroxyl groups is 1. The van der Waals surface area contributed by atoms with E-state index in [0.29, 0.717) is 30.4 Å². The molecule has 1 aliphatic heterocycles. The largest absolute Gasteiger partial charge is 0.486 e. The lowest BCUT2D eigenvalue weighted by Crippen LogP contribution is -2.22. The van der Waals surface area contributed by atoms with Crippen LogP contribution in [0.5, 0.6) is 11.5 Å². The molecule has 4 nitrogen and oxygen atoms in total. The summed E-state index contributed by atoms with van der Waals surface area (Å²) < 4.78 is 11.0. The summed E-state index contributed by atoms with van der Waals surface area (Å²) in [7, 11) is 3.93. The lowest BCUT2D eigenvalue weighted by molar-refractivity contribution is 0.170. The maximum absolute atomic E-state index is 9.15. The van der Waals surface area contributed by atoms with Crippen LogP contribution in [0.2, 0.25) is 5.02 Å². The van der Waals surface area contributed by atoms with Crippen molar-refractivity contribution in [3.8, 4) is 11.5 Å². The summed E-state index contributed by atoms with van der Waals surface area (Å²) in [4.78, 5) is 2.04. The highest BCUT2D eigenvalue weighted by Crippen LogP contribution is 2.39. The average molecular weight is 272 g/mol. The zero-order valence-corrected chi connectivity index (χ0v) is 11.4. The Balaban J connectivity index is 2.36. The number of rotatable bonds is 4. The molecule has 0 aliphatic carbocycles. The van der Waals surface area contributed by atoms with Gasteiger partial charge < -0.3 is 19.5 Å². The van der Waals surface area contributed by atoms with Gasteiger partial charge in [-0.2, -0.15) is 0 Å². The molecule has 0 saturated heterocycles. The van der Waals surface area contributed by atoms with Crippen LogP contribution in [0.15, 0.2) is 12.1 Å². The molecule has 0 spiro atoms. The molecular weight excluding hydrogens is 254 g/mol. The van der Waals surface area contributed by atoms with Gasteiger partial charge in [-0.1, -0.05) is 11.6 Å². The fraction of sp³-hybridized carbons (Fsp3) is 0.538. The van der Waals surface area contributed by atoms with Crippen molar-refractivity contribution in [2.75, 3.05) is 33.9 Å². The van der Waals surface area contributed by atoms with E-state index in [4.69, 9.17) is 26.2 Å². The number of aliphatic hydroxyl groups excluding tert-OH is 1. The van der Waals surface area contributed by atoms with Crippen LogP contribution in [0, 0.1) is 0 Å². The van der Waals surface area contributed by atoms with Gasteiger partial charge >= 0.3 is 0 Å². The molecule has 1 aliphatic rings. The maximum Gasteiger partial charge on any atom is 0.162 e. The van der Waals surface area contributed by atoms with E-state index in [1.807, 2.05) is 25.1 Å². The van der Waals surface area contributed by atoms with Crippen molar-refractivity contribution in [3.05, 3.63) is 22.7 Å². The lowest BCUT2D eigenvalue weighted by atomic mass is 10.0. The molecular formula is C13H18ClNO3. The Morgan fingerprint density at radius 2 is 1.89 bits per heavy atom. The number of benzene rings is 1. The third-order valence-corrected chi connectivity index (χ3v) is 3.37. The van der Waals surface area contributed by atoms with Gasteiger partial charge in [0.25, 0.3) is 0 Å². The first-order valence-corrected chi connectivity index (χ1v) is 6.37. The SMILES string of the molecule is CN(C)C(CCO)c1cc2c(cc1Cl)OCCO2. The number of hydrogen-bond acceptors (Lipinski definition) is 4. The van der Waals surface area contributed by atoms with E-state index < -0.39 is 0 Å². The Hall–Kier alpha value is -0.970. The van der Waals surface area contributed by atoms with Crippen LogP contribution in [-0.2, 0) is 0 Å². The molecule has 0 fully saturated rings. The second kappa shape index (κ2) is 5.78. The molecule has 1 heterocycles. The van der Waals surface area contributed by atoms with Crippen LogP contribution in [0.25, 0.3) is 0 Å². The molecule has 0 aromatic heterocycles. The Bertz CT molecular complexity index is 423. The van der Waals surface area contributed by atoms with Gasteiger partial charge in [0, 0.05) is 23.7 Å². The molecule has 0 saturated carbocycles. The Morgan fingerprint density at radius 1 is 1.28 bits per heavy atom. The summed E-state index contributed by atoms with van der Waals surface area (Å²) in [6.45, 7) is 1.23. The van der Waals surface area contributed by atoms with E-state index in [1.54, 1.807) is 6.07 Å². The van der Waals surface area contributed by atoms with Crippen molar-refractivity contribution < 1.29 is 14.6 Å². The standard InChI is InChI=1S/C13H18ClNO3/c1-15(2)11(3-4-16)9-7-12-13(8-10(9)14)18-6-5-17-12/h7-8,11,16H,3-6H2,1-2H3. The molecule has 100 valence electrons. The molecule has 1 aromatic carbocycles. The zero-order chi connectivity index (χ0) is 13.1. The highest BCUT2D eigenvalue weighted by atomic mass is 35.5. The quantitative estimate of drug-likeness (QED) is 0.911. The first-order chi connectivity index (χ1) is 8.63. The Morgan fingerprint density at radius 3 is 2.44 bits per heavy atom. The fourth-order valence-electron chi connectivity index (χ4n) is 2.15. The molecule has 0 amide bonds. The number of hydrogen-bond donors (Lipinski definition) is 1. The van der Waals surface area contributed by atoms with Gasteiger partial charge in [0.1, 0.15) is 13.2 Å². The van der Waals surface area contributed by atoms with Crippen LogP contribution in [0.1, 0.15) is 18.0 Å². The van der Waals surface area contributed by atoms with Crippen molar-refractivity contribution in [1.29, 1.82) is 0 Å². The highest BCUT2D eigenvalue weighted by Gasteiger charge is 2.21. The monoisotopic (exact) mass is 271 g/mol. The molecule has 2 rings (SSSR count). The Kier molecular flexibility index (Phi) is 4.32. The predicted octanol–water partition coefficient (Wildman–Crippen LogP) is 2.10. The molecule has 1 atom stereocenters. The lowest BCUT2D eigenvalue weighted by Gasteiger charge is -2.27. The zero-order valence-electron chi connectivity index (χ0n) is 10.6. The molecule has 0 radical (unpaired) electrons. The van der Waals surface area contributed by atoms with Gasteiger partial charge in [-0.05, 0) is 32.1 Å². The topological polar surface area (TPSA) is 41.9 Å². The molecule has 0 bridgehead atoms. The minimum absolute atomic E-state index is 0.0679. The van der Waals surface area contributed by atoms with Crippen LogP contribution in [0.4, 0.5) is 0 Å². The summed E-state index contributed by atoms with van der Waals surface area (Å²) in [6.07, 6.45) is 0.631. The van der Waals surface area contributed by atoms with Gasteiger partial charge in [0.2, 0.25) is 0 Å². The van der Waals surface area contributed by atoms with E-state index in [1.165, 1.54) is 0 Å². The number of nitrogens with zero attached hydrogens (tertiary/aromatic N) is 1. The van der Waals surface area contributed by atoms with Gasteiger partial charge in [0.15, 0.2) is 11.5 Å². The highest BCUT2D eigenvalue weighted by molar-refractivity contribution is 6.31. The van der Waals surface area contributed by atoms with Crippen LogP contribution in [-0.4, -0.2) is 43.9 Å². The van der Waals surface area contributed by atoms with Crippen LogP contribution >= 0.6 is 11.6 Å². The second-order valence-corrected chi connectivity index (χ2v) is 4.92.